The molecule has 1 aliphatic rings. The number of urea groups is 1. The van der Waals surface area contributed by atoms with E-state index in [-0.39, 0.29) is 6.03 Å². The average molecular weight is 282 g/mol. The van der Waals surface area contributed by atoms with Crippen LogP contribution in [-0.2, 0) is 4.79 Å². The van der Waals surface area contributed by atoms with Gasteiger partial charge in [0.25, 0.3) is 0 Å². The second kappa shape index (κ2) is 7.31. The number of hydrogen-bond donors (Lipinski definition) is 1. The Bertz CT molecular complexity index is 370. The second-order valence-electron chi connectivity index (χ2n) is 5.60. The minimum absolute atomic E-state index is 0.0622. The third-order valence-electron chi connectivity index (χ3n) is 4.21. The van der Waals surface area contributed by atoms with E-state index in [9.17, 15) is 14.7 Å². The maximum atomic E-state index is 12.4. The highest BCUT2D eigenvalue weighted by molar-refractivity contribution is 5.78. The van der Waals surface area contributed by atoms with Gasteiger partial charge in [-0.05, 0) is 32.1 Å². The summed E-state index contributed by atoms with van der Waals surface area (Å²) in [7, 11) is 1.77. The number of carbonyl (C=O) groups excluding carboxylic acids is 1. The van der Waals surface area contributed by atoms with E-state index in [1.54, 1.807) is 16.8 Å². The molecule has 1 saturated heterocycles. The molecule has 1 aliphatic heterocycles. The fourth-order valence-corrected chi connectivity index (χ4v) is 2.72. The zero-order chi connectivity index (χ0) is 15.2. The minimum atomic E-state index is -0.785. The molecule has 0 aromatic heterocycles. The summed E-state index contributed by atoms with van der Waals surface area (Å²) in [6.45, 7) is 7.20. The minimum Gasteiger partial charge on any atom is -0.481 e. The summed E-state index contributed by atoms with van der Waals surface area (Å²) in [4.78, 5) is 27.2. The molecule has 114 valence electrons. The fraction of sp³-hybridized carbons (Fsp3) is 0.733. The first-order chi connectivity index (χ1) is 9.46. The van der Waals surface area contributed by atoms with E-state index in [0.29, 0.717) is 32.5 Å². The summed E-state index contributed by atoms with van der Waals surface area (Å²) in [5.74, 6) is -0.785. The number of carboxylic acids is 1. The largest absolute Gasteiger partial charge is 0.481 e. The summed E-state index contributed by atoms with van der Waals surface area (Å²) in [6.07, 6.45) is 5.58. The van der Waals surface area contributed by atoms with Crippen LogP contribution in [0.1, 0.15) is 39.0 Å². The van der Waals surface area contributed by atoms with Crippen LogP contribution in [0.2, 0.25) is 0 Å². The van der Waals surface area contributed by atoms with Crippen LogP contribution in [0.5, 0.6) is 0 Å². The van der Waals surface area contributed by atoms with E-state index in [1.165, 1.54) is 0 Å². The smallest absolute Gasteiger partial charge is 0.319 e. The van der Waals surface area contributed by atoms with Crippen molar-refractivity contribution >= 4 is 12.0 Å². The number of carbonyl (C=O) groups is 2. The van der Waals surface area contributed by atoms with Gasteiger partial charge in [0.15, 0.2) is 0 Å². The summed E-state index contributed by atoms with van der Waals surface area (Å²) < 4.78 is 0. The maximum absolute atomic E-state index is 12.4. The molecule has 0 radical (unpaired) electrons. The van der Waals surface area contributed by atoms with Gasteiger partial charge < -0.3 is 14.9 Å². The van der Waals surface area contributed by atoms with Gasteiger partial charge in [0, 0.05) is 26.7 Å². The van der Waals surface area contributed by atoms with E-state index in [0.717, 1.165) is 19.3 Å². The van der Waals surface area contributed by atoms with Gasteiger partial charge in [0.1, 0.15) is 0 Å². The molecule has 1 atom stereocenters. The Balaban J connectivity index is 2.64. The summed E-state index contributed by atoms with van der Waals surface area (Å²) in [5.41, 5.74) is -0.768. The van der Waals surface area contributed by atoms with Gasteiger partial charge in [0.2, 0.25) is 0 Å². The van der Waals surface area contributed by atoms with Gasteiger partial charge in [-0.15, -0.1) is 6.58 Å². The molecule has 0 spiro atoms. The Morgan fingerprint density at radius 2 is 2.20 bits per heavy atom. The van der Waals surface area contributed by atoms with Gasteiger partial charge in [-0.1, -0.05) is 13.0 Å². The van der Waals surface area contributed by atoms with Crippen LogP contribution >= 0.6 is 0 Å². The van der Waals surface area contributed by atoms with E-state index in [1.807, 2.05) is 13.0 Å². The van der Waals surface area contributed by atoms with Gasteiger partial charge in [0.05, 0.1) is 5.41 Å². The molecule has 5 nitrogen and oxygen atoms in total. The number of allylic oxidation sites excluding steroid dienone is 1. The summed E-state index contributed by atoms with van der Waals surface area (Å²) >= 11 is 0. The first-order valence-electron chi connectivity index (χ1n) is 7.31. The van der Waals surface area contributed by atoms with E-state index < -0.39 is 11.4 Å². The van der Waals surface area contributed by atoms with Crippen LogP contribution in [0.4, 0.5) is 4.79 Å². The molecule has 1 N–H and O–H groups in total. The molecule has 0 aromatic carbocycles. The molecule has 1 rings (SSSR count). The monoisotopic (exact) mass is 282 g/mol. The normalized spacial score (nSPS) is 22.4. The van der Waals surface area contributed by atoms with Crippen molar-refractivity contribution in [2.24, 2.45) is 5.41 Å². The second-order valence-corrected chi connectivity index (χ2v) is 5.60. The van der Waals surface area contributed by atoms with Crippen LogP contribution in [0.15, 0.2) is 12.7 Å². The number of piperidine rings is 1. The number of amides is 2. The Kier molecular flexibility index (Phi) is 6.05. The summed E-state index contributed by atoms with van der Waals surface area (Å²) in [5, 5.41) is 9.44. The van der Waals surface area contributed by atoms with Crippen molar-refractivity contribution < 1.29 is 14.7 Å². The van der Waals surface area contributed by atoms with Crippen LogP contribution in [0, 0.1) is 5.41 Å². The first kappa shape index (κ1) is 16.5. The molecule has 1 unspecified atom stereocenters. The zero-order valence-electron chi connectivity index (χ0n) is 12.6. The lowest BCUT2D eigenvalue weighted by Gasteiger charge is -2.40. The van der Waals surface area contributed by atoms with E-state index in [2.05, 4.69) is 6.58 Å². The Morgan fingerprint density at radius 1 is 1.50 bits per heavy atom. The molecule has 5 heteroatoms. The SMILES string of the molecule is C=CCCCN(C)C(=O)N1CCCC(CC)(C(=O)O)C1. The Labute approximate surface area is 121 Å². The number of hydrogen-bond acceptors (Lipinski definition) is 2. The number of nitrogens with zero attached hydrogens (tertiary/aromatic N) is 2. The molecule has 0 aliphatic carbocycles. The number of rotatable bonds is 6. The molecule has 0 aromatic rings. The zero-order valence-corrected chi connectivity index (χ0v) is 12.6. The topological polar surface area (TPSA) is 60.9 Å². The van der Waals surface area contributed by atoms with E-state index in [4.69, 9.17) is 0 Å². The van der Waals surface area contributed by atoms with Gasteiger partial charge in [-0.2, -0.15) is 0 Å². The standard InChI is InChI=1S/C15H26N2O3/c1-4-6-7-10-16(3)14(20)17-11-8-9-15(5-2,12-17)13(18)19/h4H,1,5-12H2,2-3H3,(H,18,19). The van der Waals surface area contributed by atoms with Crippen molar-refractivity contribution in [1.29, 1.82) is 0 Å². The predicted octanol–water partition coefficient (Wildman–Crippen LogP) is 2.58. The predicted molar refractivity (Wildman–Crippen MR) is 78.6 cm³/mol. The van der Waals surface area contributed by atoms with Crippen molar-refractivity contribution in [3.05, 3.63) is 12.7 Å². The highest BCUT2D eigenvalue weighted by Crippen LogP contribution is 2.34. The lowest BCUT2D eigenvalue weighted by Crippen LogP contribution is -2.52. The van der Waals surface area contributed by atoms with Crippen molar-refractivity contribution in [3.63, 3.8) is 0 Å². The van der Waals surface area contributed by atoms with Crippen LogP contribution in [0.25, 0.3) is 0 Å². The van der Waals surface area contributed by atoms with Crippen LogP contribution in [0.3, 0.4) is 0 Å². The third kappa shape index (κ3) is 3.74. The lowest BCUT2D eigenvalue weighted by atomic mass is 9.78. The van der Waals surface area contributed by atoms with Gasteiger partial charge in [-0.3, -0.25) is 4.79 Å². The molecule has 1 heterocycles. The molecule has 20 heavy (non-hydrogen) atoms. The van der Waals surface area contributed by atoms with Gasteiger partial charge in [-0.25, -0.2) is 4.79 Å². The lowest BCUT2D eigenvalue weighted by molar-refractivity contribution is -0.152. The molecule has 1 fully saturated rings. The quantitative estimate of drug-likeness (QED) is 0.601. The maximum Gasteiger partial charge on any atom is 0.319 e. The van der Waals surface area contributed by atoms with Crippen molar-refractivity contribution in [2.45, 2.75) is 39.0 Å². The number of carboxylic acid groups (broad SMARTS) is 1. The number of aliphatic carboxylic acids is 1. The Morgan fingerprint density at radius 3 is 2.75 bits per heavy atom. The molecule has 2 amide bonds. The van der Waals surface area contributed by atoms with Crippen molar-refractivity contribution in [3.8, 4) is 0 Å². The van der Waals surface area contributed by atoms with Crippen LogP contribution < -0.4 is 0 Å². The van der Waals surface area contributed by atoms with E-state index >= 15 is 0 Å². The molecule has 0 bridgehead atoms. The molecule has 0 saturated carbocycles. The van der Waals surface area contributed by atoms with Crippen LogP contribution in [-0.4, -0.2) is 53.6 Å². The number of unbranched alkanes of at least 4 members (excludes halogenated alkanes) is 1. The molecular weight excluding hydrogens is 256 g/mol. The van der Waals surface area contributed by atoms with Gasteiger partial charge >= 0.3 is 12.0 Å². The highest BCUT2D eigenvalue weighted by atomic mass is 16.4. The Hall–Kier alpha value is -1.52. The average Bonchev–Trinajstić information content (AvgIpc) is 2.46. The van der Waals surface area contributed by atoms with Crippen molar-refractivity contribution in [2.75, 3.05) is 26.7 Å². The summed E-state index contributed by atoms with van der Waals surface area (Å²) in [6, 6.07) is -0.0622. The van der Waals surface area contributed by atoms with Crippen molar-refractivity contribution in [1.82, 2.24) is 9.80 Å². The third-order valence-corrected chi connectivity index (χ3v) is 4.21. The first-order valence-corrected chi connectivity index (χ1v) is 7.31. The fourth-order valence-electron chi connectivity index (χ4n) is 2.72. The highest BCUT2D eigenvalue weighted by Gasteiger charge is 2.42. The molecular formula is C15H26N2O3. The number of likely N-dealkylation sites (tertiary alicyclic amines) is 1.